The largest absolute Gasteiger partial charge is 0.450 e. The first-order chi connectivity index (χ1) is 12.1. The number of carbonyl (C=O) groups is 1. The van der Waals surface area contributed by atoms with E-state index < -0.39 is 0 Å². The van der Waals surface area contributed by atoms with E-state index in [1.54, 1.807) is 36.7 Å². The molecule has 0 atom stereocenters. The third-order valence-electron chi connectivity index (χ3n) is 4.05. The maximum Gasteiger partial charge on any atom is 0.231 e. The zero-order valence-corrected chi connectivity index (χ0v) is 13.8. The molecule has 122 valence electrons. The zero-order valence-electron chi connectivity index (χ0n) is 13.1. The van der Waals surface area contributed by atoms with Crippen LogP contribution in [0.1, 0.15) is 16.1 Å². The molecule has 4 rings (SSSR count). The minimum Gasteiger partial charge on any atom is -0.450 e. The average Bonchev–Trinajstić information content (AvgIpc) is 2.98. The second-order valence-corrected chi connectivity index (χ2v) is 6.01. The van der Waals surface area contributed by atoms with Crippen LogP contribution < -0.4 is 5.73 Å². The molecule has 0 aliphatic carbocycles. The third-order valence-corrected chi connectivity index (χ3v) is 4.38. The molecule has 4 aromatic rings. The van der Waals surface area contributed by atoms with Gasteiger partial charge in [0, 0.05) is 28.9 Å². The second kappa shape index (κ2) is 6.07. The molecule has 0 aliphatic rings. The first-order valence-electron chi connectivity index (χ1n) is 7.67. The molecule has 0 saturated carbocycles. The fourth-order valence-electron chi connectivity index (χ4n) is 2.77. The van der Waals surface area contributed by atoms with E-state index in [-0.39, 0.29) is 11.5 Å². The molecule has 2 heterocycles. The Balaban J connectivity index is 1.83. The molecule has 25 heavy (non-hydrogen) atoms. The van der Waals surface area contributed by atoms with Gasteiger partial charge in [-0.2, -0.15) is 0 Å². The Labute approximate surface area is 148 Å². The number of carbonyl (C=O) groups excluding carboxylic acids is 1. The zero-order chi connectivity index (χ0) is 17.4. The van der Waals surface area contributed by atoms with Crippen LogP contribution in [0.4, 0.5) is 5.69 Å². The summed E-state index contributed by atoms with van der Waals surface area (Å²) in [6.07, 6.45) is 3.48. The van der Waals surface area contributed by atoms with E-state index >= 15 is 0 Å². The maximum absolute atomic E-state index is 12.7. The van der Waals surface area contributed by atoms with E-state index in [9.17, 15) is 4.79 Å². The van der Waals surface area contributed by atoms with Gasteiger partial charge in [0.15, 0.2) is 5.76 Å². The van der Waals surface area contributed by atoms with Gasteiger partial charge < -0.3 is 10.2 Å². The molecule has 0 radical (unpaired) electrons. The molecule has 2 aromatic heterocycles. The summed E-state index contributed by atoms with van der Waals surface area (Å²) in [6, 6.07) is 16.3. The topological polar surface area (TPSA) is 69.1 Å². The summed E-state index contributed by atoms with van der Waals surface area (Å²) in [6.45, 7) is 0. The van der Waals surface area contributed by atoms with Crippen molar-refractivity contribution in [2.75, 3.05) is 5.73 Å². The Bertz CT molecular complexity index is 1090. The number of hydrogen-bond donors (Lipinski definition) is 1. The van der Waals surface area contributed by atoms with E-state index in [1.165, 1.54) is 0 Å². The van der Waals surface area contributed by atoms with E-state index in [1.807, 2.05) is 30.3 Å². The van der Waals surface area contributed by atoms with Crippen molar-refractivity contribution in [3.8, 4) is 11.1 Å². The Morgan fingerprint density at radius 1 is 1.04 bits per heavy atom. The number of nitrogen functional groups attached to an aromatic ring is 1. The molecule has 0 bridgehead atoms. The quantitative estimate of drug-likeness (QED) is 0.531. The van der Waals surface area contributed by atoms with Gasteiger partial charge in [-0.05, 0) is 35.9 Å². The van der Waals surface area contributed by atoms with Crippen molar-refractivity contribution >= 4 is 34.0 Å². The normalized spacial score (nSPS) is 10.9. The summed E-state index contributed by atoms with van der Waals surface area (Å²) in [5.74, 6) is -0.228. The second-order valence-electron chi connectivity index (χ2n) is 5.61. The van der Waals surface area contributed by atoms with Crippen LogP contribution in [0.15, 0.2) is 71.4 Å². The smallest absolute Gasteiger partial charge is 0.231 e. The lowest BCUT2D eigenvalue weighted by atomic mass is 10.0. The van der Waals surface area contributed by atoms with Gasteiger partial charge in [-0.25, -0.2) is 0 Å². The van der Waals surface area contributed by atoms with Gasteiger partial charge >= 0.3 is 0 Å². The lowest BCUT2D eigenvalue weighted by molar-refractivity contribution is 0.101. The van der Waals surface area contributed by atoms with Crippen molar-refractivity contribution in [2.24, 2.45) is 0 Å². The first-order valence-corrected chi connectivity index (χ1v) is 8.04. The number of rotatable bonds is 3. The van der Waals surface area contributed by atoms with Gasteiger partial charge in [0.1, 0.15) is 5.58 Å². The number of anilines is 1. The monoisotopic (exact) mass is 348 g/mol. The number of aromatic nitrogens is 1. The van der Waals surface area contributed by atoms with Crippen LogP contribution in [-0.2, 0) is 0 Å². The number of halogens is 1. The molecule has 0 saturated heterocycles. The molecule has 4 nitrogen and oxygen atoms in total. The van der Waals surface area contributed by atoms with Crippen molar-refractivity contribution in [3.63, 3.8) is 0 Å². The summed E-state index contributed by atoms with van der Waals surface area (Å²) in [5, 5.41) is 1.06. The van der Waals surface area contributed by atoms with Gasteiger partial charge in [-0.15, -0.1) is 0 Å². The Morgan fingerprint density at radius 2 is 1.88 bits per heavy atom. The van der Waals surface area contributed by atoms with Crippen LogP contribution in [0, 0.1) is 0 Å². The van der Waals surface area contributed by atoms with Crippen LogP contribution in [0.2, 0.25) is 5.02 Å². The highest BCUT2D eigenvalue weighted by Crippen LogP contribution is 2.33. The molecule has 0 spiro atoms. The van der Waals surface area contributed by atoms with Gasteiger partial charge in [0.2, 0.25) is 5.78 Å². The summed E-state index contributed by atoms with van der Waals surface area (Å²) in [5.41, 5.74) is 9.27. The highest BCUT2D eigenvalue weighted by molar-refractivity contribution is 6.35. The van der Waals surface area contributed by atoms with Crippen LogP contribution >= 0.6 is 11.6 Å². The van der Waals surface area contributed by atoms with Crippen LogP contribution in [-0.4, -0.2) is 10.8 Å². The molecule has 5 heteroatoms. The van der Waals surface area contributed by atoms with Crippen LogP contribution in [0.25, 0.3) is 22.1 Å². The van der Waals surface area contributed by atoms with E-state index in [0.29, 0.717) is 27.2 Å². The van der Waals surface area contributed by atoms with E-state index in [2.05, 4.69) is 4.98 Å². The fraction of sp³-hybridized carbons (Fsp3) is 0. The number of nitrogens with zero attached hydrogens (tertiary/aromatic N) is 1. The molecule has 0 unspecified atom stereocenters. The third kappa shape index (κ3) is 2.66. The number of pyridine rings is 1. The highest BCUT2D eigenvalue weighted by atomic mass is 35.5. The van der Waals surface area contributed by atoms with Crippen molar-refractivity contribution in [1.82, 2.24) is 4.98 Å². The van der Waals surface area contributed by atoms with Crippen molar-refractivity contribution in [3.05, 3.63) is 83.3 Å². The van der Waals surface area contributed by atoms with Crippen LogP contribution in [0.3, 0.4) is 0 Å². The van der Waals surface area contributed by atoms with E-state index in [0.717, 1.165) is 11.1 Å². The SMILES string of the molecule is Nc1c(C(=O)c2ccccc2Cl)oc2cc(-c3cccnc3)ccc12. The predicted octanol–water partition coefficient (Wildman–Crippen LogP) is 4.96. The Hall–Kier alpha value is -3.11. The molecule has 2 N–H and O–H groups in total. The van der Waals surface area contributed by atoms with Gasteiger partial charge in [-0.1, -0.05) is 35.9 Å². The predicted molar refractivity (Wildman–Crippen MR) is 98.7 cm³/mol. The van der Waals surface area contributed by atoms with Crippen molar-refractivity contribution < 1.29 is 9.21 Å². The number of benzene rings is 2. The van der Waals surface area contributed by atoms with Crippen molar-refractivity contribution in [2.45, 2.75) is 0 Å². The molecule has 2 aromatic carbocycles. The molecule has 0 fully saturated rings. The standard InChI is InChI=1S/C20H13ClN2O2/c21-16-6-2-1-5-14(16)19(24)20-18(22)15-8-7-12(10-17(15)25-20)13-4-3-9-23-11-13/h1-11H,22H2. The summed E-state index contributed by atoms with van der Waals surface area (Å²) < 4.78 is 5.78. The minimum absolute atomic E-state index is 0.103. The number of furan rings is 1. The number of ketones is 1. The lowest BCUT2D eigenvalue weighted by Crippen LogP contribution is -2.03. The summed E-state index contributed by atoms with van der Waals surface area (Å²) >= 11 is 6.12. The fourth-order valence-corrected chi connectivity index (χ4v) is 2.99. The number of hydrogen-bond acceptors (Lipinski definition) is 4. The molecular formula is C20H13ClN2O2. The highest BCUT2D eigenvalue weighted by Gasteiger charge is 2.22. The molecule has 0 aliphatic heterocycles. The summed E-state index contributed by atoms with van der Waals surface area (Å²) in [4.78, 5) is 16.9. The minimum atomic E-state index is -0.331. The Morgan fingerprint density at radius 3 is 2.64 bits per heavy atom. The average molecular weight is 349 g/mol. The van der Waals surface area contributed by atoms with Gasteiger partial charge in [0.05, 0.1) is 10.7 Å². The van der Waals surface area contributed by atoms with Crippen molar-refractivity contribution in [1.29, 1.82) is 0 Å². The lowest BCUT2D eigenvalue weighted by Gasteiger charge is -2.01. The van der Waals surface area contributed by atoms with E-state index in [4.69, 9.17) is 21.8 Å². The van der Waals surface area contributed by atoms with Crippen LogP contribution in [0.5, 0.6) is 0 Å². The summed E-state index contributed by atoms with van der Waals surface area (Å²) in [7, 11) is 0. The van der Waals surface area contributed by atoms with Gasteiger partial charge in [0.25, 0.3) is 0 Å². The first kappa shape index (κ1) is 15.4. The maximum atomic E-state index is 12.7. The number of nitrogens with two attached hydrogens (primary N) is 1. The number of fused-ring (bicyclic) bond motifs is 1. The molecular weight excluding hydrogens is 336 g/mol. The Kier molecular flexibility index (Phi) is 3.75. The molecule has 0 amide bonds. The van der Waals surface area contributed by atoms with Gasteiger partial charge in [-0.3, -0.25) is 9.78 Å².